The van der Waals surface area contributed by atoms with E-state index in [2.05, 4.69) is 132 Å². The highest BCUT2D eigenvalue weighted by Gasteiger charge is 2.16. The van der Waals surface area contributed by atoms with Crippen molar-refractivity contribution in [2.24, 2.45) is 0 Å². The van der Waals surface area contributed by atoms with E-state index in [-0.39, 0.29) is 0 Å². The smallest absolute Gasteiger partial charge is 0.0468 e. The number of hydrogen-bond acceptors (Lipinski definition) is 3. The van der Waals surface area contributed by atoms with E-state index in [0.29, 0.717) is 0 Å². The number of benzene rings is 6. The average Bonchev–Trinajstić information content (AvgIpc) is 3.52. The van der Waals surface area contributed by atoms with Gasteiger partial charge in [0.05, 0.1) is 0 Å². The van der Waals surface area contributed by atoms with Gasteiger partial charge in [-0.2, -0.15) is 0 Å². The largest absolute Gasteiger partial charge is 0.310 e. The molecular formula is C34H21NS2. The molecule has 0 radical (unpaired) electrons. The van der Waals surface area contributed by atoms with Crippen LogP contribution in [0.3, 0.4) is 0 Å². The van der Waals surface area contributed by atoms with Crippen molar-refractivity contribution in [3.8, 4) is 0 Å². The molecule has 37 heavy (non-hydrogen) atoms. The minimum Gasteiger partial charge on any atom is -0.310 e. The molecule has 0 unspecified atom stereocenters. The first-order valence-corrected chi connectivity index (χ1v) is 14.1. The number of nitrogens with zero attached hydrogens (tertiary/aromatic N) is 1. The molecular weight excluding hydrogens is 487 g/mol. The first-order valence-electron chi connectivity index (χ1n) is 12.4. The van der Waals surface area contributed by atoms with Gasteiger partial charge >= 0.3 is 0 Å². The number of anilines is 3. The minimum absolute atomic E-state index is 1.16. The maximum Gasteiger partial charge on any atom is 0.0468 e. The molecule has 0 saturated carbocycles. The van der Waals surface area contributed by atoms with Gasteiger partial charge in [-0.25, -0.2) is 0 Å². The second-order valence-corrected chi connectivity index (χ2v) is 11.6. The third kappa shape index (κ3) is 3.28. The zero-order valence-corrected chi connectivity index (χ0v) is 21.5. The van der Waals surface area contributed by atoms with Gasteiger partial charge in [-0.3, -0.25) is 0 Å². The predicted octanol–water partition coefficient (Wildman–Crippen LogP) is 11.0. The molecule has 6 aromatic carbocycles. The van der Waals surface area contributed by atoms with Gasteiger partial charge in [0.1, 0.15) is 0 Å². The Morgan fingerprint density at radius 3 is 1.78 bits per heavy atom. The van der Waals surface area contributed by atoms with E-state index in [1.54, 1.807) is 0 Å². The van der Waals surface area contributed by atoms with Crippen molar-refractivity contribution >= 4 is 90.9 Å². The zero-order chi connectivity index (χ0) is 24.3. The van der Waals surface area contributed by atoms with E-state index in [4.69, 9.17) is 0 Å². The Hall–Kier alpha value is -4.18. The first-order chi connectivity index (χ1) is 18.3. The van der Waals surface area contributed by atoms with Crippen molar-refractivity contribution in [2.75, 3.05) is 4.90 Å². The van der Waals surface area contributed by atoms with Gasteiger partial charge in [0.2, 0.25) is 0 Å². The average molecular weight is 508 g/mol. The maximum atomic E-state index is 2.39. The van der Waals surface area contributed by atoms with Gasteiger partial charge in [0.25, 0.3) is 0 Å². The van der Waals surface area contributed by atoms with Crippen molar-refractivity contribution in [1.82, 2.24) is 0 Å². The lowest BCUT2D eigenvalue weighted by Gasteiger charge is -2.26. The SMILES string of the molecule is c1ccc(N(c2ccc3sc4ccccc4c3c2)c2ccc3ccc4sc5ccccc5c4c3c2)cc1. The molecule has 0 atom stereocenters. The summed E-state index contributed by atoms with van der Waals surface area (Å²) in [4.78, 5) is 2.39. The van der Waals surface area contributed by atoms with Crippen LogP contribution in [0.5, 0.6) is 0 Å². The Balaban J connectivity index is 1.40. The number of thiophene rings is 2. The van der Waals surface area contributed by atoms with Crippen LogP contribution in [0.25, 0.3) is 51.1 Å². The molecule has 0 aliphatic carbocycles. The summed E-state index contributed by atoms with van der Waals surface area (Å²) in [5.74, 6) is 0. The monoisotopic (exact) mass is 507 g/mol. The fourth-order valence-corrected chi connectivity index (χ4v) is 7.76. The van der Waals surface area contributed by atoms with Crippen molar-refractivity contribution in [1.29, 1.82) is 0 Å². The first kappa shape index (κ1) is 21.0. The predicted molar refractivity (Wildman–Crippen MR) is 164 cm³/mol. The van der Waals surface area contributed by atoms with Crippen LogP contribution < -0.4 is 4.90 Å². The molecule has 2 aromatic heterocycles. The number of fused-ring (bicyclic) bond motifs is 8. The van der Waals surface area contributed by atoms with Crippen molar-refractivity contribution in [2.45, 2.75) is 0 Å². The summed E-state index contributed by atoms with van der Waals surface area (Å²) in [7, 11) is 0. The molecule has 0 fully saturated rings. The van der Waals surface area contributed by atoms with Gasteiger partial charge in [-0.05, 0) is 71.4 Å². The molecule has 0 saturated heterocycles. The second kappa shape index (κ2) is 8.17. The summed E-state index contributed by atoms with van der Waals surface area (Å²) in [5.41, 5.74) is 3.49. The molecule has 0 bridgehead atoms. The highest BCUT2D eigenvalue weighted by atomic mass is 32.1. The topological polar surface area (TPSA) is 3.24 Å². The van der Waals surface area contributed by atoms with Crippen LogP contribution in [0.2, 0.25) is 0 Å². The standard InChI is InChI=1S/C34H21NS2/c1-2-8-23(9-3-1)35(25-17-19-32-29(21-25)26-10-4-6-12-30(26)36-32)24-16-14-22-15-18-33-34(28(22)20-24)27-11-5-7-13-31(27)37-33/h1-21H. The number of para-hydroxylation sites is 1. The van der Waals surface area contributed by atoms with E-state index >= 15 is 0 Å². The summed E-state index contributed by atoms with van der Waals surface area (Å²) >= 11 is 3.74. The Kier molecular flexibility index (Phi) is 4.63. The lowest BCUT2D eigenvalue weighted by Crippen LogP contribution is -2.09. The van der Waals surface area contributed by atoms with Gasteiger partial charge < -0.3 is 4.90 Å². The number of rotatable bonds is 3. The van der Waals surface area contributed by atoms with E-state index in [9.17, 15) is 0 Å². The van der Waals surface area contributed by atoms with Gasteiger partial charge in [0.15, 0.2) is 0 Å². The molecule has 3 heteroatoms. The summed E-state index contributed by atoms with van der Waals surface area (Å²) < 4.78 is 5.33. The van der Waals surface area contributed by atoms with Crippen LogP contribution in [0.4, 0.5) is 17.1 Å². The van der Waals surface area contributed by atoms with E-state index in [1.807, 2.05) is 22.7 Å². The summed E-state index contributed by atoms with van der Waals surface area (Å²) in [5, 5.41) is 7.89. The molecule has 0 amide bonds. The van der Waals surface area contributed by atoms with Crippen molar-refractivity contribution < 1.29 is 0 Å². The lowest BCUT2D eigenvalue weighted by atomic mass is 10.0. The van der Waals surface area contributed by atoms with Gasteiger partial charge in [0, 0.05) is 57.4 Å². The highest BCUT2D eigenvalue weighted by molar-refractivity contribution is 7.26. The summed E-state index contributed by atoms with van der Waals surface area (Å²) in [6, 6.07) is 46.5. The third-order valence-electron chi connectivity index (χ3n) is 7.23. The van der Waals surface area contributed by atoms with Crippen LogP contribution in [-0.2, 0) is 0 Å². The molecule has 8 aromatic rings. The Labute approximate surface area is 222 Å². The van der Waals surface area contributed by atoms with Crippen LogP contribution in [0.1, 0.15) is 0 Å². The fourth-order valence-electron chi connectivity index (χ4n) is 5.55. The third-order valence-corrected chi connectivity index (χ3v) is 9.52. The van der Waals surface area contributed by atoms with Crippen LogP contribution in [-0.4, -0.2) is 0 Å². The lowest BCUT2D eigenvalue weighted by molar-refractivity contribution is 1.30. The van der Waals surface area contributed by atoms with Crippen molar-refractivity contribution in [3.05, 3.63) is 127 Å². The minimum atomic E-state index is 1.16. The second-order valence-electron chi connectivity index (χ2n) is 9.39. The molecule has 174 valence electrons. The molecule has 8 rings (SSSR count). The quantitative estimate of drug-likeness (QED) is 0.230. The number of hydrogen-bond donors (Lipinski definition) is 0. The van der Waals surface area contributed by atoms with Crippen LogP contribution >= 0.6 is 22.7 Å². The molecule has 0 spiro atoms. The van der Waals surface area contributed by atoms with Crippen LogP contribution in [0.15, 0.2) is 127 Å². The van der Waals surface area contributed by atoms with E-state index in [1.165, 1.54) is 62.5 Å². The Morgan fingerprint density at radius 2 is 0.946 bits per heavy atom. The summed E-state index contributed by atoms with van der Waals surface area (Å²) in [6.07, 6.45) is 0. The normalized spacial score (nSPS) is 11.8. The molecule has 0 N–H and O–H groups in total. The summed E-state index contributed by atoms with van der Waals surface area (Å²) in [6.45, 7) is 0. The van der Waals surface area contributed by atoms with Crippen molar-refractivity contribution in [3.63, 3.8) is 0 Å². The molecule has 2 heterocycles. The zero-order valence-electron chi connectivity index (χ0n) is 19.9. The Bertz CT molecular complexity index is 2100. The van der Waals surface area contributed by atoms with E-state index < -0.39 is 0 Å². The highest BCUT2D eigenvalue weighted by Crippen LogP contribution is 2.43. The molecule has 0 aliphatic rings. The Morgan fingerprint density at radius 1 is 0.378 bits per heavy atom. The van der Waals surface area contributed by atoms with Gasteiger partial charge in [-0.1, -0.05) is 66.7 Å². The maximum absolute atomic E-state index is 2.39. The fraction of sp³-hybridized carbons (Fsp3) is 0. The van der Waals surface area contributed by atoms with Gasteiger partial charge in [-0.15, -0.1) is 22.7 Å². The molecule has 1 nitrogen and oxygen atoms in total. The molecule has 0 aliphatic heterocycles. The van der Waals surface area contributed by atoms with E-state index in [0.717, 1.165) is 5.69 Å². The van der Waals surface area contributed by atoms with Crippen LogP contribution in [0, 0.1) is 0 Å².